The van der Waals surface area contributed by atoms with Crippen LogP contribution >= 0.6 is 11.3 Å². The van der Waals surface area contributed by atoms with E-state index < -0.39 is 23.7 Å². The van der Waals surface area contributed by atoms with Gasteiger partial charge in [0.25, 0.3) is 0 Å². The fourth-order valence-corrected chi connectivity index (χ4v) is 4.79. The van der Waals surface area contributed by atoms with Crippen LogP contribution in [0.5, 0.6) is 0 Å². The van der Waals surface area contributed by atoms with Gasteiger partial charge >= 0.3 is 12.1 Å². The van der Waals surface area contributed by atoms with Crippen LogP contribution in [0.4, 0.5) is 4.79 Å². The third-order valence-corrected chi connectivity index (χ3v) is 6.28. The van der Waals surface area contributed by atoms with Gasteiger partial charge in [0.05, 0.1) is 15.9 Å². The van der Waals surface area contributed by atoms with Gasteiger partial charge in [-0.15, -0.1) is 11.3 Å². The van der Waals surface area contributed by atoms with Crippen molar-refractivity contribution in [1.82, 2.24) is 10.3 Å². The van der Waals surface area contributed by atoms with E-state index in [9.17, 15) is 14.7 Å². The van der Waals surface area contributed by atoms with E-state index in [1.807, 2.05) is 93.6 Å². The van der Waals surface area contributed by atoms with E-state index >= 15 is 0 Å². The predicted octanol–water partition coefficient (Wildman–Crippen LogP) is 6.47. The molecule has 174 valence electrons. The molecule has 0 aliphatic heterocycles. The molecule has 0 radical (unpaired) electrons. The maximum absolute atomic E-state index is 12.7. The fraction of sp³-hybridized carbons (Fsp3) is 0.222. The molecule has 4 aromatic rings. The second-order valence-corrected chi connectivity index (χ2v) is 10.0. The first kappa shape index (κ1) is 23.4. The molecule has 7 heteroatoms. The zero-order valence-electron chi connectivity index (χ0n) is 19.2. The van der Waals surface area contributed by atoms with Gasteiger partial charge in [-0.2, -0.15) is 0 Å². The molecule has 0 aliphatic rings. The molecule has 34 heavy (non-hydrogen) atoms. The number of hydrogen-bond donors (Lipinski definition) is 2. The Morgan fingerprint density at radius 2 is 1.68 bits per heavy atom. The molecular formula is C27H26N2O4S. The van der Waals surface area contributed by atoms with Gasteiger partial charge in [0.15, 0.2) is 5.69 Å². The van der Waals surface area contributed by atoms with E-state index in [0.29, 0.717) is 16.3 Å². The van der Waals surface area contributed by atoms with Crippen molar-refractivity contribution < 1.29 is 19.4 Å². The zero-order chi connectivity index (χ0) is 24.3. The predicted molar refractivity (Wildman–Crippen MR) is 134 cm³/mol. The zero-order valence-corrected chi connectivity index (χ0v) is 20.1. The van der Waals surface area contributed by atoms with Gasteiger partial charge in [0, 0.05) is 6.42 Å². The number of benzene rings is 3. The molecule has 1 heterocycles. The minimum atomic E-state index is -1.08. The summed E-state index contributed by atoms with van der Waals surface area (Å²) >= 11 is 1.32. The Morgan fingerprint density at radius 3 is 2.35 bits per heavy atom. The number of ether oxygens (including phenoxy) is 1. The summed E-state index contributed by atoms with van der Waals surface area (Å²) < 4.78 is 5.49. The maximum atomic E-state index is 12.7. The van der Waals surface area contributed by atoms with Crippen molar-refractivity contribution in [2.24, 2.45) is 0 Å². The first-order chi connectivity index (χ1) is 16.2. The van der Waals surface area contributed by atoms with E-state index in [1.54, 1.807) is 0 Å². The van der Waals surface area contributed by atoms with Crippen LogP contribution in [0.1, 0.15) is 47.9 Å². The van der Waals surface area contributed by atoms with Crippen LogP contribution in [-0.4, -0.2) is 27.8 Å². The molecule has 2 N–H and O–H groups in total. The number of nitrogens with one attached hydrogen (secondary N) is 1. The van der Waals surface area contributed by atoms with Crippen molar-refractivity contribution >= 4 is 34.2 Å². The summed E-state index contributed by atoms with van der Waals surface area (Å²) in [7, 11) is 0. The molecule has 0 saturated carbocycles. The molecule has 0 aliphatic carbocycles. The van der Waals surface area contributed by atoms with Gasteiger partial charge in [-0.05, 0) is 48.7 Å². The molecular weight excluding hydrogens is 448 g/mol. The number of alkyl carbamates (subject to hydrolysis) is 1. The van der Waals surface area contributed by atoms with E-state index in [0.717, 1.165) is 21.9 Å². The van der Waals surface area contributed by atoms with Gasteiger partial charge in [0.1, 0.15) is 5.60 Å². The summed E-state index contributed by atoms with van der Waals surface area (Å²) in [5.41, 5.74) is 1.06. The normalized spacial score (nSPS) is 12.3. The van der Waals surface area contributed by atoms with Crippen LogP contribution in [0.15, 0.2) is 72.8 Å². The third-order valence-electron chi connectivity index (χ3n) is 5.16. The lowest BCUT2D eigenvalue weighted by Gasteiger charge is -2.24. The average Bonchev–Trinajstić information content (AvgIpc) is 3.22. The molecule has 1 amide bonds. The number of hydrogen-bond acceptors (Lipinski definition) is 5. The minimum absolute atomic E-state index is 0.0146. The minimum Gasteiger partial charge on any atom is -0.476 e. The fourth-order valence-electron chi connectivity index (χ4n) is 3.68. The van der Waals surface area contributed by atoms with Crippen molar-refractivity contribution in [3.63, 3.8) is 0 Å². The number of thiazole rings is 1. The summed E-state index contributed by atoms with van der Waals surface area (Å²) in [5.74, 6) is -1.08. The lowest BCUT2D eigenvalue weighted by Crippen LogP contribution is -2.35. The summed E-state index contributed by atoms with van der Waals surface area (Å²) in [6.45, 7) is 5.43. The average molecular weight is 475 g/mol. The number of rotatable bonds is 6. The first-order valence-corrected chi connectivity index (χ1v) is 11.8. The van der Waals surface area contributed by atoms with Crippen LogP contribution in [0.2, 0.25) is 0 Å². The molecule has 1 atom stereocenters. The van der Waals surface area contributed by atoms with E-state index in [2.05, 4.69) is 10.3 Å². The molecule has 0 fully saturated rings. The molecule has 3 aromatic carbocycles. The first-order valence-electron chi connectivity index (χ1n) is 11.0. The van der Waals surface area contributed by atoms with Crippen LogP contribution < -0.4 is 5.32 Å². The number of carbonyl (C=O) groups is 2. The second kappa shape index (κ2) is 9.65. The van der Waals surface area contributed by atoms with Gasteiger partial charge < -0.3 is 15.2 Å². The Hall–Kier alpha value is -3.71. The molecule has 6 nitrogen and oxygen atoms in total. The topological polar surface area (TPSA) is 88.5 Å². The molecule has 0 saturated heterocycles. The summed E-state index contributed by atoms with van der Waals surface area (Å²) in [4.78, 5) is 29.6. The molecule has 0 spiro atoms. The summed E-state index contributed by atoms with van der Waals surface area (Å²) in [6, 6.07) is 22.9. The van der Waals surface area contributed by atoms with Crippen molar-refractivity contribution in [2.75, 3.05) is 0 Å². The lowest BCUT2D eigenvalue weighted by molar-refractivity contribution is 0.0502. The van der Waals surface area contributed by atoms with Gasteiger partial charge in [0.2, 0.25) is 0 Å². The number of nitrogens with zero attached hydrogens (tertiary/aromatic N) is 1. The molecule has 1 unspecified atom stereocenters. The van der Waals surface area contributed by atoms with Crippen LogP contribution in [0.3, 0.4) is 0 Å². The number of aromatic nitrogens is 1. The lowest BCUT2D eigenvalue weighted by atomic mass is 10.00. The maximum Gasteiger partial charge on any atom is 0.408 e. The van der Waals surface area contributed by atoms with Gasteiger partial charge in [-0.25, -0.2) is 14.6 Å². The SMILES string of the molecule is CC(C)(C)OC(=O)NC(Cc1nc(C(=O)O)c(-c2ccccc2)s1)c1ccc2ccccc2c1. The Bertz CT molecular complexity index is 1330. The number of carboxylic acids is 1. The largest absolute Gasteiger partial charge is 0.476 e. The number of fused-ring (bicyclic) bond motifs is 1. The Morgan fingerprint density at radius 1 is 1.00 bits per heavy atom. The Labute approximate surface area is 202 Å². The smallest absolute Gasteiger partial charge is 0.408 e. The van der Waals surface area contributed by atoms with Crippen molar-refractivity contribution in [1.29, 1.82) is 0 Å². The van der Waals surface area contributed by atoms with Crippen molar-refractivity contribution in [2.45, 2.75) is 38.8 Å². The third kappa shape index (κ3) is 5.61. The van der Waals surface area contributed by atoms with Crippen LogP contribution in [0, 0.1) is 0 Å². The van der Waals surface area contributed by atoms with Crippen molar-refractivity contribution in [3.8, 4) is 10.4 Å². The standard InChI is InChI=1S/C27H26N2O4S/c1-27(2,3)33-26(32)28-21(20-14-13-17-9-7-8-12-19(17)15-20)16-22-29-23(25(30)31)24(34-22)18-10-5-4-6-11-18/h4-15,21H,16H2,1-3H3,(H,28,32)(H,30,31). The number of amides is 1. The van der Waals surface area contributed by atoms with Crippen LogP contribution in [-0.2, 0) is 11.2 Å². The highest BCUT2D eigenvalue weighted by Crippen LogP contribution is 2.33. The monoisotopic (exact) mass is 474 g/mol. The molecule has 4 rings (SSSR count). The number of aromatic carboxylic acids is 1. The number of carboxylic acid groups (broad SMARTS) is 1. The molecule has 1 aromatic heterocycles. The Balaban J connectivity index is 1.70. The highest BCUT2D eigenvalue weighted by Gasteiger charge is 2.25. The van der Waals surface area contributed by atoms with E-state index in [1.165, 1.54) is 11.3 Å². The van der Waals surface area contributed by atoms with Crippen LogP contribution in [0.25, 0.3) is 21.2 Å². The number of carbonyl (C=O) groups excluding carboxylic acids is 1. The van der Waals surface area contributed by atoms with E-state index in [-0.39, 0.29) is 5.69 Å². The quantitative estimate of drug-likeness (QED) is 0.334. The summed E-state index contributed by atoms with van der Waals surface area (Å²) in [5, 5.41) is 15.5. The summed E-state index contributed by atoms with van der Waals surface area (Å²) in [6.07, 6.45) is -0.209. The van der Waals surface area contributed by atoms with Crippen molar-refractivity contribution in [3.05, 3.63) is 89.1 Å². The Kier molecular flexibility index (Phi) is 6.65. The van der Waals surface area contributed by atoms with Gasteiger partial charge in [-0.1, -0.05) is 66.7 Å². The van der Waals surface area contributed by atoms with E-state index in [4.69, 9.17) is 4.74 Å². The highest BCUT2D eigenvalue weighted by molar-refractivity contribution is 7.15. The second-order valence-electron chi connectivity index (χ2n) is 8.97. The van der Waals surface area contributed by atoms with Gasteiger partial charge in [-0.3, -0.25) is 0 Å². The highest BCUT2D eigenvalue weighted by atomic mass is 32.1. The molecule has 0 bridgehead atoms.